The lowest BCUT2D eigenvalue weighted by Crippen LogP contribution is -2.03. The Morgan fingerprint density at radius 2 is 0.581 bits per heavy atom. The molecule has 5 heteroatoms. The van der Waals surface area contributed by atoms with Gasteiger partial charge >= 0.3 is 7.82 Å². The number of phosphoric acid groups is 1. The highest BCUT2D eigenvalue weighted by Gasteiger charge is 2.42. The molecular formula is C38H37O4P. The van der Waals surface area contributed by atoms with Crippen molar-refractivity contribution < 1.29 is 18.5 Å². The number of aryl methyl sites for hydroxylation is 8. The molecule has 2 bridgehead atoms. The molecule has 0 spiro atoms. The Labute approximate surface area is 254 Å². The van der Waals surface area contributed by atoms with E-state index >= 15 is 0 Å². The second-order valence-electron chi connectivity index (χ2n) is 11.9. The minimum atomic E-state index is -4.59. The van der Waals surface area contributed by atoms with Gasteiger partial charge in [-0.2, -0.15) is 0 Å². The zero-order valence-electron chi connectivity index (χ0n) is 26.0. The van der Waals surface area contributed by atoms with Crippen LogP contribution in [0.1, 0.15) is 44.5 Å². The van der Waals surface area contributed by atoms with E-state index in [1.54, 1.807) is 0 Å². The van der Waals surface area contributed by atoms with Gasteiger partial charge in [0.25, 0.3) is 0 Å². The summed E-state index contributed by atoms with van der Waals surface area (Å²) in [7, 11) is -4.59. The Bertz CT molecular complexity index is 1650. The molecule has 5 aromatic carbocycles. The van der Waals surface area contributed by atoms with Gasteiger partial charge in [0.1, 0.15) is 11.5 Å². The van der Waals surface area contributed by atoms with Crippen molar-refractivity contribution in [3.8, 4) is 56.0 Å². The number of benzene rings is 5. The summed E-state index contributed by atoms with van der Waals surface area (Å²) in [6.07, 6.45) is 0. The van der Waals surface area contributed by atoms with Crippen molar-refractivity contribution in [2.75, 3.05) is 0 Å². The topological polar surface area (TPSA) is 55.8 Å². The molecule has 218 valence electrons. The van der Waals surface area contributed by atoms with E-state index < -0.39 is 7.82 Å². The molecular weight excluding hydrogens is 551 g/mol. The maximum atomic E-state index is 13.9. The SMILES string of the molecule is Cc1cccc(C)c1-c1c2c(-c3c(C)cccc3C)c(-c3c(C)cccc3C)c(c1-c1c(C)cccc1C)OP(=O)(O)O2. The second kappa shape index (κ2) is 10.6. The van der Waals surface area contributed by atoms with E-state index in [1.807, 2.05) is 24.3 Å². The minimum Gasteiger partial charge on any atom is -0.394 e. The molecule has 1 N–H and O–H groups in total. The Hall–Kier alpha value is -4.11. The predicted molar refractivity (Wildman–Crippen MR) is 177 cm³/mol. The van der Waals surface area contributed by atoms with E-state index in [-0.39, 0.29) is 0 Å². The van der Waals surface area contributed by atoms with Gasteiger partial charge in [-0.1, -0.05) is 72.8 Å². The normalized spacial score (nSPS) is 13.4. The van der Waals surface area contributed by atoms with Gasteiger partial charge in [-0.3, -0.25) is 4.89 Å². The number of phosphoric ester groups is 1. The Morgan fingerprint density at radius 1 is 0.395 bits per heavy atom. The molecule has 0 unspecified atom stereocenters. The summed E-state index contributed by atoms with van der Waals surface area (Å²) in [6, 6.07) is 24.8. The summed E-state index contributed by atoms with van der Waals surface area (Å²) in [5.74, 6) is 0.745. The van der Waals surface area contributed by atoms with Crippen molar-refractivity contribution in [1.29, 1.82) is 0 Å². The molecule has 0 aromatic heterocycles. The third-order valence-corrected chi connectivity index (χ3v) is 9.57. The van der Waals surface area contributed by atoms with E-state index in [0.29, 0.717) is 11.5 Å². The monoisotopic (exact) mass is 588 g/mol. The molecule has 2 heterocycles. The second-order valence-corrected chi connectivity index (χ2v) is 13.2. The van der Waals surface area contributed by atoms with Crippen LogP contribution in [0.5, 0.6) is 11.5 Å². The van der Waals surface area contributed by atoms with Crippen molar-refractivity contribution in [3.63, 3.8) is 0 Å². The fraction of sp³-hybridized carbons (Fsp3) is 0.211. The summed E-state index contributed by atoms with van der Waals surface area (Å²) in [5.41, 5.74) is 15.4. The van der Waals surface area contributed by atoms with Crippen LogP contribution in [0, 0.1) is 55.4 Å². The van der Waals surface area contributed by atoms with E-state index in [0.717, 1.165) is 89.0 Å². The smallest absolute Gasteiger partial charge is 0.394 e. The van der Waals surface area contributed by atoms with Crippen LogP contribution in [0.15, 0.2) is 72.8 Å². The minimum absolute atomic E-state index is 0.372. The van der Waals surface area contributed by atoms with Crippen molar-refractivity contribution in [2.24, 2.45) is 0 Å². The number of hydrogen-bond donors (Lipinski definition) is 1. The molecule has 5 aromatic rings. The first-order valence-electron chi connectivity index (χ1n) is 14.6. The summed E-state index contributed by atoms with van der Waals surface area (Å²) in [6.45, 7) is 16.6. The number of hydrogen-bond acceptors (Lipinski definition) is 3. The third kappa shape index (κ3) is 4.70. The number of rotatable bonds is 4. The zero-order chi connectivity index (χ0) is 30.8. The maximum Gasteiger partial charge on any atom is 0.584 e. The van der Waals surface area contributed by atoms with Crippen molar-refractivity contribution in [3.05, 3.63) is 117 Å². The highest BCUT2D eigenvalue weighted by molar-refractivity contribution is 7.48. The van der Waals surface area contributed by atoms with Gasteiger partial charge in [0, 0.05) is 22.3 Å². The summed E-state index contributed by atoms with van der Waals surface area (Å²) < 4.78 is 26.5. The quantitative estimate of drug-likeness (QED) is 0.212. The first-order chi connectivity index (χ1) is 20.4. The first kappa shape index (κ1) is 29.0. The van der Waals surface area contributed by atoms with Crippen LogP contribution in [0.4, 0.5) is 0 Å². The molecule has 43 heavy (non-hydrogen) atoms. The fourth-order valence-corrected chi connectivity index (χ4v) is 7.79. The van der Waals surface area contributed by atoms with Gasteiger partial charge in [0.2, 0.25) is 0 Å². The first-order valence-corrected chi connectivity index (χ1v) is 16.1. The Balaban J connectivity index is 2.00. The summed E-state index contributed by atoms with van der Waals surface area (Å²) in [4.78, 5) is 11.4. The summed E-state index contributed by atoms with van der Waals surface area (Å²) in [5, 5.41) is 0. The van der Waals surface area contributed by atoms with Crippen molar-refractivity contribution in [2.45, 2.75) is 55.4 Å². The predicted octanol–water partition coefficient (Wildman–Crippen LogP) is 10.7. The van der Waals surface area contributed by atoms with Gasteiger partial charge in [-0.15, -0.1) is 0 Å². The lowest BCUT2D eigenvalue weighted by atomic mass is 9.77. The number of fused-ring (bicyclic) bond motifs is 4. The largest absolute Gasteiger partial charge is 0.584 e. The molecule has 4 nitrogen and oxygen atoms in total. The van der Waals surface area contributed by atoms with E-state index in [4.69, 9.17) is 9.05 Å². The molecule has 0 atom stereocenters. The molecule has 0 aliphatic carbocycles. The molecule has 0 fully saturated rings. The molecule has 0 radical (unpaired) electrons. The Kier molecular flexibility index (Phi) is 7.12. The van der Waals surface area contributed by atoms with Crippen LogP contribution < -0.4 is 9.05 Å². The molecule has 7 rings (SSSR count). The molecule has 0 amide bonds. The fourth-order valence-electron chi connectivity index (χ4n) is 6.93. The van der Waals surface area contributed by atoms with Gasteiger partial charge in [-0.25, -0.2) is 4.57 Å². The molecule has 0 saturated heterocycles. The highest BCUT2D eigenvalue weighted by Crippen LogP contribution is 2.66. The van der Waals surface area contributed by atoms with Crippen LogP contribution in [-0.2, 0) is 4.57 Å². The van der Waals surface area contributed by atoms with Crippen LogP contribution in [-0.4, -0.2) is 4.89 Å². The van der Waals surface area contributed by atoms with Gasteiger partial charge < -0.3 is 9.05 Å². The van der Waals surface area contributed by atoms with Crippen molar-refractivity contribution in [1.82, 2.24) is 0 Å². The van der Waals surface area contributed by atoms with E-state index in [9.17, 15) is 9.46 Å². The summed E-state index contributed by atoms with van der Waals surface area (Å²) >= 11 is 0. The Morgan fingerprint density at radius 3 is 0.767 bits per heavy atom. The van der Waals surface area contributed by atoms with Crippen LogP contribution in [0.3, 0.4) is 0 Å². The van der Waals surface area contributed by atoms with Crippen LogP contribution in [0.25, 0.3) is 44.5 Å². The van der Waals surface area contributed by atoms with Gasteiger partial charge in [0.15, 0.2) is 0 Å². The molecule has 0 saturated carbocycles. The van der Waals surface area contributed by atoms with Crippen molar-refractivity contribution >= 4 is 7.82 Å². The average Bonchev–Trinajstić information content (AvgIpc) is 3.10. The highest BCUT2D eigenvalue weighted by atomic mass is 31.2. The van der Waals surface area contributed by atoms with Gasteiger partial charge in [0.05, 0.1) is 0 Å². The van der Waals surface area contributed by atoms with E-state index in [2.05, 4.69) is 104 Å². The molecule has 2 aliphatic rings. The van der Waals surface area contributed by atoms with Crippen LogP contribution >= 0.6 is 7.82 Å². The standard InChI is InChI=1S/C38H37O4P/c1-21-13-9-14-22(2)29(21)33-34(30-23(3)15-10-16-24(30)4)38-36(32-27(7)19-12-20-28(32)8)35(37(33)41-43(39,40)42-38)31-25(5)17-11-18-26(31)6/h9-20H,1-8H3,(H,39,40). The third-order valence-electron chi connectivity index (χ3n) is 8.75. The molecule has 2 aliphatic heterocycles. The van der Waals surface area contributed by atoms with Gasteiger partial charge in [-0.05, 0) is 122 Å². The van der Waals surface area contributed by atoms with Crippen LogP contribution in [0.2, 0.25) is 0 Å². The maximum absolute atomic E-state index is 13.9. The lowest BCUT2D eigenvalue weighted by Gasteiger charge is -2.27. The van der Waals surface area contributed by atoms with E-state index in [1.165, 1.54) is 0 Å². The lowest BCUT2D eigenvalue weighted by molar-refractivity contribution is 0.297. The average molecular weight is 589 g/mol. The zero-order valence-corrected chi connectivity index (χ0v) is 26.9.